The van der Waals surface area contributed by atoms with E-state index in [-0.39, 0.29) is 0 Å². The molecule has 0 aliphatic rings. The summed E-state index contributed by atoms with van der Waals surface area (Å²) in [5.74, 6) is 0. The number of hydrogen-bond acceptors (Lipinski definition) is 1. The molecule has 1 aromatic rings. The second-order valence-electron chi connectivity index (χ2n) is 1.08. The molecule has 0 aliphatic carbocycles. The first-order valence-electron chi connectivity index (χ1n) is 1.87. The highest BCUT2D eigenvalue weighted by atomic mass is 127. The molecule has 1 radical (unpaired) electrons. The molecule has 0 spiro atoms. The number of nitrogens with zero attached hydrogens (tertiary/aromatic N) is 1. The van der Waals surface area contributed by atoms with Crippen LogP contribution in [-0.4, -0.2) is 4.98 Å². The van der Waals surface area contributed by atoms with Gasteiger partial charge < -0.3 is 0 Å². The van der Waals surface area contributed by atoms with Crippen LogP contribution in [0.4, 0.5) is 0 Å². The highest BCUT2D eigenvalue weighted by Crippen LogP contribution is 1.94. The number of hydrogen-bond donors (Lipinski definition) is 0. The number of pyridine rings is 1. The molecule has 0 bridgehead atoms. The lowest BCUT2D eigenvalue weighted by molar-refractivity contribution is 1.27. The van der Waals surface area contributed by atoms with Gasteiger partial charge >= 0.3 is 0 Å². The second-order valence-corrected chi connectivity index (χ2v) is 2.18. The minimum Gasteiger partial charge on any atom is -0.250 e. The summed E-state index contributed by atoms with van der Waals surface area (Å²) >= 11 is 2.14. The maximum Gasteiger partial charge on any atom is 0.101 e. The normalized spacial score (nSPS) is 8.71. The number of halogens is 1. The predicted molar refractivity (Wildman–Crippen MR) is 35.8 cm³/mol. The molecule has 0 fully saturated rings. The van der Waals surface area contributed by atoms with Gasteiger partial charge in [0.25, 0.3) is 0 Å². The van der Waals surface area contributed by atoms with Gasteiger partial charge in [0.2, 0.25) is 0 Å². The Kier molecular flexibility index (Phi) is 1.62. The van der Waals surface area contributed by atoms with Gasteiger partial charge in [-0.2, -0.15) is 0 Å². The first-order chi connectivity index (χ1) is 3.39. The summed E-state index contributed by atoms with van der Waals surface area (Å²) < 4.78 is 0.986. The third-order valence-electron chi connectivity index (χ3n) is 0.571. The van der Waals surface area contributed by atoms with Crippen LogP contribution < -0.4 is 0 Å². The minimum atomic E-state index is 0.986. The van der Waals surface area contributed by atoms with Crippen LogP contribution in [0, 0.1) is 9.77 Å². The Bertz CT molecular complexity index is 138. The third kappa shape index (κ3) is 1.43. The molecule has 0 amide bonds. The van der Waals surface area contributed by atoms with Gasteiger partial charge in [-0.1, -0.05) is 0 Å². The van der Waals surface area contributed by atoms with Crippen molar-refractivity contribution in [2.75, 3.05) is 0 Å². The van der Waals surface area contributed by atoms with Crippen LogP contribution in [0.25, 0.3) is 0 Å². The molecule has 0 saturated carbocycles. The van der Waals surface area contributed by atoms with E-state index in [1.54, 1.807) is 12.3 Å². The summed E-state index contributed by atoms with van der Waals surface area (Å²) in [5.41, 5.74) is 0. The van der Waals surface area contributed by atoms with Gasteiger partial charge in [-0.3, -0.25) is 4.98 Å². The largest absolute Gasteiger partial charge is 0.250 e. The van der Waals surface area contributed by atoms with Gasteiger partial charge in [-0.25, -0.2) is 0 Å². The van der Waals surface area contributed by atoms with Crippen molar-refractivity contribution < 1.29 is 0 Å². The highest BCUT2D eigenvalue weighted by Gasteiger charge is 1.76. The molecule has 1 heterocycles. The van der Waals surface area contributed by atoms with Crippen LogP contribution in [0.15, 0.2) is 18.3 Å². The molecule has 2 heteroatoms. The third-order valence-corrected chi connectivity index (χ3v) is 1.16. The zero-order valence-electron chi connectivity index (χ0n) is 3.56. The lowest BCUT2D eigenvalue weighted by atomic mass is 10.5. The fraction of sp³-hybridized carbons (Fsp3) is 0. The molecule has 1 rings (SSSR count). The van der Waals surface area contributed by atoms with Crippen molar-refractivity contribution in [3.8, 4) is 0 Å². The molecule has 35 valence electrons. The molecule has 0 saturated heterocycles. The van der Waals surface area contributed by atoms with Gasteiger partial charge in [0, 0.05) is 6.20 Å². The molecule has 1 aromatic heterocycles. The highest BCUT2D eigenvalue weighted by molar-refractivity contribution is 14.1. The summed E-state index contributed by atoms with van der Waals surface area (Å²) in [6, 6.07) is 6.50. The Balaban J connectivity index is 3.02. The Morgan fingerprint density at radius 1 is 1.71 bits per heavy atom. The summed E-state index contributed by atoms with van der Waals surface area (Å²) in [6.07, 6.45) is 1.72. The van der Waals surface area contributed by atoms with Gasteiger partial charge in [-0.05, 0) is 40.8 Å². The molecule has 0 atom stereocenters. The van der Waals surface area contributed by atoms with Gasteiger partial charge in [-0.15, -0.1) is 0 Å². The summed E-state index contributed by atoms with van der Waals surface area (Å²) in [6.45, 7) is 0. The lowest BCUT2D eigenvalue weighted by Crippen LogP contribution is -1.72. The van der Waals surface area contributed by atoms with E-state index >= 15 is 0 Å². The monoisotopic (exact) mass is 204 g/mol. The van der Waals surface area contributed by atoms with Crippen LogP contribution in [0.2, 0.25) is 0 Å². The van der Waals surface area contributed by atoms with E-state index in [2.05, 4.69) is 33.6 Å². The van der Waals surface area contributed by atoms with E-state index in [0.29, 0.717) is 0 Å². The number of aromatic nitrogens is 1. The molecule has 7 heavy (non-hydrogen) atoms. The number of rotatable bonds is 0. The molecular formula is C5H3IN. The van der Waals surface area contributed by atoms with Crippen molar-refractivity contribution in [3.63, 3.8) is 0 Å². The molecule has 0 unspecified atom stereocenters. The SMILES string of the molecule is Ic1c[c]ccn1. The maximum absolute atomic E-state index is 3.93. The van der Waals surface area contributed by atoms with Crippen LogP contribution in [0.5, 0.6) is 0 Å². The summed E-state index contributed by atoms with van der Waals surface area (Å²) in [7, 11) is 0. The Labute approximate surface area is 55.9 Å². The molecule has 0 aliphatic heterocycles. The van der Waals surface area contributed by atoms with Crippen LogP contribution >= 0.6 is 22.6 Å². The molecule has 0 aromatic carbocycles. The van der Waals surface area contributed by atoms with Crippen molar-refractivity contribution in [2.24, 2.45) is 0 Å². The predicted octanol–water partition coefficient (Wildman–Crippen LogP) is 1.49. The Morgan fingerprint density at radius 2 is 2.57 bits per heavy atom. The first kappa shape index (κ1) is 5.03. The minimum absolute atomic E-state index is 0.986. The smallest absolute Gasteiger partial charge is 0.101 e. The van der Waals surface area contributed by atoms with E-state index in [1.165, 1.54) is 0 Å². The molecular weight excluding hydrogens is 201 g/mol. The zero-order valence-corrected chi connectivity index (χ0v) is 5.71. The van der Waals surface area contributed by atoms with Crippen molar-refractivity contribution in [2.45, 2.75) is 0 Å². The van der Waals surface area contributed by atoms with Crippen molar-refractivity contribution in [3.05, 3.63) is 28.1 Å². The second kappa shape index (κ2) is 2.26. The van der Waals surface area contributed by atoms with Crippen LogP contribution in [0.3, 0.4) is 0 Å². The molecule has 1 nitrogen and oxygen atoms in total. The quantitative estimate of drug-likeness (QED) is 0.460. The standard InChI is InChI=1S/C5H3IN/c6-5-3-1-2-4-7-5/h2-4H. The van der Waals surface area contributed by atoms with Gasteiger partial charge in [0.15, 0.2) is 0 Å². The summed E-state index contributed by atoms with van der Waals surface area (Å²) in [5, 5.41) is 0. The zero-order chi connectivity index (χ0) is 5.11. The lowest BCUT2D eigenvalue weighted by Gasteiger charge is -1.79. The van der Waals surface area contributed by atoms with Gasteiger partial charge in [0.05, 0.1) is 0 Å². The van der Waals surface area contributed by atoms with Crippen molar-refractivity contribution in [1.29, 1.82) is 0 Å². The maximum atomic E-state index is 3.93. The first-order valence-corrected chi connectivity index (χ1v) is 2.95. The molecule has 0 N–H and O–H groups in total. The summed E-state index contributed by atoms with van der Waals surface area (Å²) in [4.78, 5) is 3.93. The average molecular weight is 204 g/mol. The van der Waals surface area contributed by atoms with Crippen molar-refractivity contribution >= 4 is 22.6 Å². The van der Waals surface area contributed by atoms with Crippen molar-refractivity contribution in [1.82, 2.24) is 4.98 Å². The van der Waals surface area contributed by atoms with Crippen LogP contribution in [-0.2, 0) is 0 Å². The van der Waals surface area contributed by atoms with E-state index < -0.39 is 0 Å². The fourth-order valence-corrected chi connectivity index (χ4v) is 0.646. The van der Waals surface area contributed by atoms with Gasteiger partial charge in [0.1, 0.15) is 3.70 Å². The Morgan fingerprint density at radius 3 is 2.86 bits per heavy atom. The van der Waals surface area contributed by atoms with E-state index in [4.69, 9.17) is 0 Å². The van der Waals surface area contributed by atoms with E-state index in [9.17, 15) is 0 Å². The van der Waals surface area contributed by atoms with E-state index in [0.717, 1.165) is 3.70 Å². The topological polar surface area (TPSA) is 12.9 Å². The average Bonchev–Trinajstić information content (AvgIpc) is 1.69. The fourth-order valence-electron chi connectivity index (χ4n) is 0.306. The van der Waals surface area contributed by atoms with E-state index in [1.807, 2.05) is 6.07 Å². The van der Waals surface area contributed by atoms with Crippen LogP contribution in [0.1, 0.15) is 0 Å². The Hall–Kier alpha value is -0.120.